The van der Waals surface area contributed by atoms with Crippen molar-refractivity contribution in [1.29, 1.82) is 0 Å². The molecule has 1 aromatic carbocycles. The molecule has 1 aliphatic rings. The highest BCUT2D eigenvalue weighted by Crippen LogP contribution is 2.27. The number of rotatable bonds is 12. The van der Waals surface area contributed by atoms with Crippen LogP contribution in [0.15, 0.2) is 36.5 Å². The molecule has 14 heteroatoms. The largest absolute Gasteiger partial charge is 0.460 e. The third kappa shape index (κ3) is 11.9. The minimum absolute atomic E-state index is 0.0989. The second kappa shape index (κ2) is 16.4. The molecule has 4 N–H and O–H groups in total. The van der Waals surface area contributed by atoms with Crippen LogP contribution in [0.1, 0.15) is 78.2 Å². The Kier molecular flexibility index (Phi) is 13.5. The number of amides is 3. The number of halogens is 3. The van der Waals surface area contributed by atoms with Crippen LogP contribution in [0.25, 0.3) is 16.8 Å². The van der Waals surface area contributed by atoms with E-state index in [2.05, 4.69) is 21.0 Å². The molecule has 0 saturated carbocycles. The molecule has 0 spiro atoms. The normalized spacial score (nSPS) is 17.8. The predicted molar refractivity (Wildman–Crippen MR) is 183 cm³/mol. The number of ether oxygens (including phenoxy) is 1. The van der Waals surface area contributed by atoms with Crippen LogP contribution in [0.4, 0.5) is 0 Å². The summed E-state index contributed by atoms with van der Waals surface area (Å²) < 4.78 is 3.28. The van der Waals surface area contributed by atoms with Gasteiger partial charge >= 0.3 is 5.97 Å². The molecule has 2 aromatic rings. The minimum atomic E-state index is -1.76. The average molecular weight is 713 g/mol. The lowest BCUT2D eigenvalue weighted by atomic mass is 9.87. The maximum Gasteiger partial charge on any atom is 0.325 e. The maximum absolute atomic E-state index is 13.3. The summed E-state index contributed by atoms with van der Waals surface area (Å²) in [5.74, 6) is -2.21. The quantitative estimate of drug-likeness (QED) is 0.182. The van der Waals surface area contributed by atoms with E-state index >= 15 is 0 Å². The zero-order valence-corrected chi connectivity index (χ0v) is 29.7. The van der Waals surface area contributed by atoms with Gasteiger partial charge in [0.1, 0.15) is 24.7 Å². The van der Waals surface area contributed by atoms with Crippen LogP contribution in [0.5, 0.6) is 0 Å². The summed E-state index contributed by atoms with van der Waals surface area (Å²) >= 11 is 17.0. The van der Waals surface area contributed by atoms with Crippen LogP contribution < -0.4 is 16.1 Å². The molecule has 3 amide bonds. The number of carbonyl (C=O) groups excluding carboxylic acids is 4. The maximum atomic E-state index is 13.3. The summed E-state index contributed by atoms with van der Waals surface area (Å²) in [6, 6.07) is 4.98. The van der Waals surface area contributed by atoms with Crippen molar-refractivity contribution in [2.45, 2.75) is 88.8 Å². The van der Waals surface area contributed by atoms with Gasteiger partial charge in [-0.3, -0.25) is 29.2 Å². The van der Waals surface area contributed by atoms with Crippen molar-refractivity contribution >= 4 is 75.3 Å². The van der Waals surface area contributed by atoms with E-state index in [9.17, 15) is 24.3 Å². The highest BCUT2D eigenvalue weighted by Gasteiger charge is 2.34. The third-order valence-electron chi connectivity index (χ3n) is 7.68. The van der Waals surface area contributed by atoms with E-state index in [4.69, 9.17) is 39.5 Å². The second-order valence-electron chi connectivity index (χ2n) is 12.9. The fourth-order valence-corrected chi connectivity index (χ4v) is 5.20. The number of esters is 1. The molecule has 2 heterocycles. The Morgan fingerprint density at radius 3 is 2.45 bits per heavy atom. The van der Waals surface area contributed by atoms with Crippen molar-refractivity contribution in [3.63, 3.8) is 0 Å². The molecule has 0 aliphatic carbocycles. The molecule has 0 bridgehead atoms. The molecule has 1 aromatic heterocycles. The topological polar surface area (TPSA) is 150 Å². The van der Waals surface area contributed by atoms with E-state index in [0.717, 1.165) is 16.3 Å². The molecule has 1 saturated heterocycles. The number of alkyl halides is 3. The molecular weight excluding hydrogens is 669 g/mol. The number of aliphatic hydroxyl groups excluding tert-OH is 1. The van der Waals surface area contributed by atoms with Crippen molar-refractivity contribution in [3.8, 4) is 0 Å². The molecular formula is C33H44Cl3N5O6. The van der Waals surface area contributed by atoms with Crippen LogP contribution >= 0.6 is 34.8 Å². The van der Waals surface area contributed by atoms with E-state index in [0.29, 0.717) is 25.1 Å². The number of benzene rings is 1. The first kappa shape index (κ1) is 38.5. The summed E-state index contributed by atoms with van der Waals surface area (Å²) in [5, 5.41) is 18.6. The molecule has 0 radical (unpaired) electrons. The summed E-state index contributed by atoms with van der Waals surface area (Å²) in [5.41, 5.74) is 3.78. The lowest BCUT2D eigenvalue weighted by Gasteiger charge is -2.34. The number of fused-ring (bicyclic) bond motifs is 1. The highest BCUT2D eigenvalue weighted by molar-refractivity contribution is 6.67. The van der Waals surface area contributed by atoms with Gasteiger partial charge in [-0.15, -0.1) is 0 Å². The number of aliphatic hydroxyl groups is 1. The van der Waals surface area contributed by atoms with Crippen LogP contribution in [0.2, 0.25) is 0 Å². The smallest absolute Gasteiger partial charge is 0.325 e. The first-order valence-corrected chi connectivity index (χ1v) is 16.7. The van der Waals surface area contributed by atoms with Gasteiger partial charge < -0.3 is 20.5 Å². The molecule has 1 fully saturated rings. The summed E-state index contributed by atoms with van der Waals surface area (Å²) in [6.45, 7) is 10.6. The van der Waals surface area contributed by atoms with Gasteiger partial charge in [0.25, 0.3) is 5.91 Å². The van der Waals surface area contributed by atoms with E-state index in [-0.39, 0.29) is 18.2 Å². The van der Waals surface area contributed by atoms with Gasteiger partial charge in [-0.05, 0) is 67.2 Å². The number of hydrogen-bond acceptors (Lipinski definition) is 8. The molecule has 0 unspecified atom stereocenters. The molecule has 11 nitrogen and oxygen atoms in total. The zero-order valence-electron chi connectivity index (χ0n) is 27.5. The fourth-order valence-electron chi connectivity index (χ4n) is 5.04. The molecule has 47 heavy (non-hydrogen) atoms. The molecule has 4 atom stereocenters. The number of nitrogens with one attached hydrogen (secondary N) is 3. The number of aromatic nitrogens is 1. The summed E-state index contributed by atoms with van der Waals surface area (Å²) in [7, 11) is 0. The SMILES string of the molecule is CC(C)[C@H](NC(=O)CC(C)(C)/C=C/c1cc2cc([C@@H](C)O)ccc2cn1)C(=O)N[C@@H](C)C(=O)N1CCC[C@@H](C(=O)OCC(Cl)(Cl)Cl)N1. The summed E-state index contributed by atoms with van der Waals surface area (Å²) in [6.07, 6.45) is 5.96. The van der Waals surface area contributed by atoms with E-state index in [1.807, 2.05) is 50.3 Å². The Morgan fingerprint density at radius 2 is 1.81 bits per heavy atom. The number of pyridine rings is 1. The molecule has 1 aliphatic heterocycles. The first-order chi connectivity index (χ1) is 21.8. The lowest BCUT2D eigenvalue weighted by molar-refractivity contribution is -0.152. The van der Waals surface area contributed by atoms with Gasteiger partial charge in [-0.1, -0.05) is 80.7 Å². The Morgan fingerprint density at radius 1 is 1.11 bits per heavy atom. The Hall–Kier alpha value is -2.96. The number of allylic oxidation sites excluding steroid dienone is 1. The monoisotopic (exact) mass is 711 g/mol. The van der Waals surface area contributed by atoms with Crippen LogP contribution in [0, 0.1) is 11.3 Å². The number of carbonyl (C=O) groups is 4. The average Bonchev–Trinajstić information content (AvgIpc) is 2.99. The fraction of sp³-hybridized carbons (Fsp3) is 0.545. The first-order valence-electron chi connectivity index (χ1n) is 15.5. The third-order valence-corrected chi connectivity index (χ3v) is 8.01. The number of nitrogens with zero attached hydrogens (tertiary/aromatic N) is 2. The Bertz CT molecular complexity index is 1480. The summed E-state index contributed by atoms with van der Waals surface area (Å²) in [4.78, 5) is 56.4. The standard InChI is InChI=1S/C33H44Cl3N5O6/c1-19(2)28(29(44)38-20(3)30(45)41-13-7-8-26(40-41)31(46)47-18-33(34,35)36)39-27(43)16-32(5,6)12-11-25-15-24-14-22(21(4)42)9-10-23(24)17-37-25/h9-12,14-15,17,19-21,26,28,40,42H,7-8,13,16,18H2,1-6H3,(H,38,44)(H,39,43)/b12-11+/t20-,21+,26-,28-/m0/s1. The van der Waals surface area contributed by atoms with Gasteiger partial charge in [-0.25, -0.2) is 5.43 Å². The number of hydrazine groups is 1. The predicted octanol–water partition coefficient (Wildman–Crippen LogP) is 4.77. The Balaban J connectivity index is 1.57. The second-order valence-corrected chi connectivity index (χ2v) is 15.5. The van der Waals surface area contributed by atoms with Crippen molar-refractivity contribution in [3.05, 3.63) is 47.8 Å². The van der Waals surface area contributed by atoms with Gasteiger partial charge in [0.15, 0.2) is 0 Å². The minimum Gasteiger partial charge on any atom is -0.460 e. The number of hydrogen-bond donors (Lipinski definition) is 4. The van der Waals surface area contributed by atoms with Crippen LogP contribution in [-0.2, 0) is 23.9 Å². The van der Waals surface area contributed by atoms with Gasteiger partial charge in [0, 0.05) is 24.5 Å². The van der Waals surface area contributed by atoms with Gasteiger partial charge in [0.05, 0.1) is 11.8 Å². The lowest BCUT2D eigenvalue weighted by Crippen LogP contribution is -2.61. The van der Waals surface area contributed by atoms with Crippen molar-refractivity contribution in [1.82, 2.24) is 26.1 Å². The molecule has 3 rings (SSSR count). The van der Waals surface area contributed by atoms with Crippen molar-refractivity contribution in [2.24, 2.45) is 11.3 Å². The highest BCUT2D eigenvalue weighted by atomic mass is 35.6. The van der Waals surface area contributed by atoms with Gasteiger partial charge in [-0.2, -0.15) is 0 Å². The van der Waals surface area contributed by atoms with Crippen molar-refractivity contribution in [2.75, 3.05) is 13.2 Å². The van der Waals surface area contributed by atoms with E-state index in [1.54, 1.807) is 27.0 Å². The molecule has 258 valence electrons. The van der Waals surface area contributed by atoms with Crippen LogP contribution in [0.3, 0.4) is 0 Å². The zero-order chi connectivity index (χ0) is 35.1. The Labute approximate surface area is 290 Å². The van der Waals surface area contributed by atoms with E-state index < -0.39 is 57.8 Å². The van der Waals surface area contributed by atoms with Crippen LogP contribution in [-0.4, -0.2) is 73.9 Å². The van der Waals surface area contributed by atoms with Crippen molar-refractivity contribution < 1.29 is 29.0 Å². The van der Waals surface area contributed by atoms with E-state index in [1.165, 1.54) is 11.9 Å². The van der Waals surface area contributed by atoms with Gasteiger partial charge in [0.2, 0.25) is 15.6 Å².